The standard InChI is InChI=1S/C48H29N3O2S/c52-48-41-26-25-34(42-28-33-17-7-8-20-36(33)38-21-9-10-22-39(38)42)29-43(41)40-24-12-23-37(44(40)54(48)53)32-18-11-19-35(27-32)47-50-45(30-13-3-1-4-14-30)49-46(51-47)31-15-5-2-6-16-31/h1-29H. The maximum atomic E-state index is 14.1. The monoisotopic (exact) mass is 711 g/mol. The van der Waals surface area contributed by atoms with Crippen molar-refractivity contribution >= 4 is 37.5 Å². The highest BCUT2D eigenvalue weighted by molar-refractivity contribution is 8.01. The smallest absolute Gasteiger partial charge is 0.254 e. The Morgan fingerprint density at radius 2 is 0.889 bits per heavy atom. The van der Waals surface area contributed by atoms with Crippen LogP contribution in [-0.4, -0.2) is 24.3 Å². The minimum Gasteiger partial charge on any atom is -0.278 e. The van der Waals surface area contributed by atoms with Crippen LogP contribution in [0.1, 0.15) is 10.4 Å². The third-order valence-electron chi connectivity index (χ3n) is 10.1. The van der Waals surface area contributed by atoms with E-state index in [1.165, 1.54) is 10.8 Å². The van der Waals surface area contributed by atoms with E-state index in [9.17, 15) is 9.00 Å². The van der Waals surface area contributed by atoms with Crippen LogP contribution < -0.4 is 0 Å². The van der Waals surface area contributed by atoms with Crippen molar-refractivity contribution in [1.82, 2.24) is 15.0 Å². The van der Waals surface area contributed by atoms with Crippen LogP contribution >= 0.6 is 0 Å². The summed E-state index contributed by atoms with van der Waals surface area (Å²) in [6.07, 6.45) is 0. The summed E-state index contributed by atoms with van der Waals surface area (Å²) < 4.78 is 14.1. The van der Waals surface area contributed by atoms with E-state index in [2.05, 4.69) is 60.7 Å². The van der Waals surface area contributed by atoms with Crippen molar-refractivity contribution < 1.29 is 9.00 Å². The molecule has 1 aliphatic heterocycles. The van der Waals surface area contributed by atoms with Crippen LogP contribution in [-0.2, 0) is 10.8 Å². The molecule has 1 aromatic heterocycles. The molecule has 6 heteroatoms. The molecule has 0 fully saturated rings. The molecule has 0 N–H and O–H groups in total. The van der Waals surface area contributed by atoms with Gasteiger partial charge < -0.3 is 0 Å². The van der Waals surface area contributed by atoms with Crippen molar-refractivity contribution in [3.8, 4) is 67.5 Å². The lowest BCUT2D eigenvalue weighted by Gasteiger charge is -2.22. The molecule has 1 unspecified atom stereocenters. The number of hydrogen-bond acceptors (Lipinski definition) is 5. The van der Waals surface area contributed by atoms with E-state index in [0.29, 0.717) is 27.9 Å². The Balaban J connectivity index is 1.12. The molecule has 2 heterocycles. The number of hydrogen-bond donors (Lipinski definition) is 0. The number of nitrogens with zero attached hydrogens (tertiary/aromatic N) is 3. The molecule has 0 radical (unpaired) electrons. The molecule has 254 valence electrons. The first-order valence-electron chi connectivity index (χ1n) is 17.7. The van der Waals surface area contributed by atoms with Gasteiger partial charge in [0, 0.05) is 22.3 Å². The molecule has 9 aromatic rings. The highest BCUT2D eigenvalue weighted by atomic mass is 32.2. The average molecular weight is 712 g/mol. The number of carbonyl (C=O) groups excluding carboxylic acids is 1. The number of fused-ring (bicyclic) bond motifs is 6. The summed E-state index contributed by atoms with van der Waals surface area (Å²) in [5, 5.41) is 4.26. The molecule has 0 saturated heterocycles. The Hall–Kier alpha value is -6.89. The van der Waals surface area contributed by atoms with Gasteiger partial charge in [0.05, 0.1) is 4.90 Å². The average Bonchev–Trinajstić information content (AvgIpc) is 3.25. The second-order valence-corrected chi connectivity index (χ2v) is 14.6. The van der Waals surface area contributed by atoms with Crippen molar-refractivity contribution in [2.24, 2.45) is 0 Å². The fourth-order valence-corrected chi connectivity index (χ4v) is 8.86. The first-order valence-corrected chi connectivity index (χ1v) is 18.9. The maximum absolute atomic E-state index is 14.1. The summed E-state index contributed by atoms with van der Waals surface area (Å²) in [7, 11) is -1.91. The molecule has 8 aromatic carbocycles. The maximum Gasteiger partial charge on any atom is 0.254 e. The van der Waals surface area contributed by atoms with Crippen molar-refractivity contribution in [2.45, 2.75) is 4.90 Å². The molecule has 0 saturated carbocycles. The second kappa shape index (κ2) is 13.0. The zero-order chi connectivity index (χ0) is 36.2. The van der Waals surface area contributed by atoms with Gasteiger partial charge in [-0.3, -0.25) is 4.79 Å². The minimum atomic E-state index is -1.91. The van der Waals surface area contributed by atoms with Gasteiger partial charge in [0.15, 0.2) is 17.5 Å². The van der Waals surface area contributed by atoms with Gasteiger partial charge >= 0.3 is 0 Å². The van der Waals surface area contributed by atoms with Gasteiger partial charge in [-0.25, -0.2) is 19.2 Å². The van der Waals surface area contributed by atoms with Crippen molar-refractivity contribution in [3.05, 3.63) is 181 Å². The summed E-state index contributed by atoms with van der Waals surface area (Å²) in [6.45, 7) is 0. The van der Waals surface area contributed by atoms with Gasteiger partial charge in [-0.15, -0.1) is 0 Å². The number of aromatic nitrogens is 3. The van der Waals surface area contributed by atoms with Crippen molar-refractivity contribution in [3.63, 3.8) is 0 Å². The Morgan fingerprint density at radius 1 is 0.352 bits per heavy atom. The molecular formula is C48H29N3O2S. The van der Waals surface area contributed by atoms with Crippen LogP contribution in [0.2, 0.25) is 0 Å². The van der Waals surface area contributed by atoms with Crippen LogP contribution in [0.15, 0.2) is 181 Å². The van der Waals surface area contributed by atoms with Gasteiger partial charge in [-0.2, -0.15) is 0 Å². The molecule has 10 rings (SSSR count). The predicted molar refractivity (Wildman–Crippen MR) is 218 cm³/mol. The first kappa shape index (κ1) is 31.8. The van der Waals surface area contributed by atoms with Crippen molar-refractivity contribution in [2.75, 3.05) is 0 Å². The SMILES string of the molecule is O=C1c2ccc(-c3cc4ccccc4c4ccccc34)cc2-c2cccc(-c3cccc(-c4nc(-c5ccccc5)nc(-c5ccccc5)n4)c3)c2S1=O. The Bertz CT molecular complexity index is 2920. The van der Waals surface area contributed by atoms with Gasteiger partial charge in [-0.1, -0.05) is 152 Å². The highest BCUT2D eigenvalue weighted by Gasteiger charge is 2.32. The zero-order valence-corrected chi connectivity index (χ0v) is 29.6. The number of carbonyl (C=O) groups is 1. The normalized spacial score (nSPS) is 13.5. The van der Waals surface area contributed by atoms with Gasteiger partial charge in [-0.05, 0) is 79.2 Å². The van der Waals surface area contributed by atoms with E-state index in [0.717, 1.165) is 60.8 Å². The van der Waals surface area contributed by atoms with Gasteiger partial charge in [0.2, 0.25) is 0 Å². The van der Waals surface area contributed by atoms with Crippen LogP contribution in [0.3, 0.4) is 0 Å². The van der Waals surface area contributed by atoms with E-state index in [4.69, 9.17) is 15.0 Å². The highest BCUT2D eigenvalue weighted by Crippen LogP contribution is 2.44. The summed E-state index contributed by atoms with van der Waals surface area (Å²) >= 11 is 0. The molecule has 0 bridgehead atoms. The lowest BCUT2D eigenvalue weighted by atomic mass is 9.89. The van der Waals surface area contributed by atoms with Gasteiger partial charge in [0.1, 0.15) is 10.8 Å². The van der Waals surface area contributed by atoms with E-state index >= 15 is 0 Å². The summed E-state index contributed by atoms with van der Waals surface area (Å²) in [5.74, 6) is 1.66. The molecule has 54 heavy (non-hydrogen) atoms. The molecule has 0 aliphatic carbocycles. The number of benzene rings is 8. The second-order valence-electron chi connectivity index (χ2n) is 13.3. The fourth-order valence-electron chi connectivity index (χ4n) is 7.54. The van der Waals surface area contributed by atoms with Crippen LogP contribution in [0.5, 0.6) is 0 Å². The molecule has 1 aliphatic rings. The summed E-state index contributed by atoms with van der Waals surface area (Å²) in [6, 6.07) is 58.5. The van der Waals surface area contributed by atoms with Crippen LogP contribution in [0.4, 0.5) is 0 Å². The third kappa shape index (κ3) is 5.35. The van der Waals surface area contributed by atoms with E-state index in [-0.39, 0.29) is 0 Å². The Kier molecular flexibility index (Phi) is 7.63. The summed E-state index contributed by atoms with van der Waals surface area (Å²) in [4.78, 5) is 29.1. The summed E-state index contributed by atoms with van der Waals surface area (Å²) in [5.41, 5.74) is 8.20. The molecule has 1 atom stereocenters. The lowest BCUT2D eigenvalue weighted by Crippen LogP contribution is -2.16. The Labute approximate surface area is 314 Å². The zero-order valence-electron chi connectivity index (χ0n) is 28.8. The minimum absolute atomic E-state index is 0.395. The van der Waals surface area contributed by atoms with Crippen LogP contribution in [0, 0.1) is 0 Å². The molecule has 5 nitrogen and oxygen atoms in total. The predicted octanol–water partition coefficient (Wildman–Crippen LogP) is 11.4. The third-order valence-corrected chi connectivity index (χ3v) is 11.5. The topological polar surface area (TPSA) is 72.8 Å². The van der Waals surface area contributed by atoms with Crippen LogP contribution in [0.25, 0.3) is 89.1 Å². The van der Waals surface area contributed by atoms with E-state index < -0.39 is 15.9 Å². The molecule has 0 amide bonds. The van der Waals surface area contributed by atoms with Crippen molar-refractivity contribution in [1.29, 1.82) is 0 Å². The lowest BCUT2D eigenvalue weighted by molar-refractivity contribution is 0.108. The first-order chi connectivity index (χ1) is 26.6. The Morgan fingerprint density at radius 3 is 1.61 bits per heavy atom. The van der Waals surface area contributed by atoms with E-state index in [1.54, 1.807) is 0 Å². The quantitative estimate of drug-likeness (QED) is 0.166. The number of rotatable bonds is 5. The molecular weight excluding hydrogens is 683 g/mol. The molecule has 0 spiro atoms. The fraction of sp³-hybridized carbons (Fsp3) is 0. The van der Waals surface area contributed by atoms with E-state index in [1.807, 2.05) is 115 Å². The largest absolute Gasteiger partial charge is 0.278 e. The van der Waals surface area contributed by atoms with Gasteiger partial charge in [0.25, 0.3) is 5.12 Å².